The highest BCUT2D eigenvalue weighted by atomic mass is 32.1. The van der Waals surface area contributed by atoms with Gasteiger partial charge in [-0.2, -0.15) is 0 Å². The van der Waals surface area contributed by atoms with Crippen molar-refractivity contribution in [2.24, 2.45) is 0 Å². The lowest BCUT2D eigenvalue weighted by atomic mass is 9.81. The van der Waals surface area contributed by atoms with Crippen LogP contribution in [-0.2, 0) is 24.2 Å². The first-order chi connectivity index (χ1) is 16.2. The van der Waals surface area contributed by atoms with Crippen LogP contribution in [-0.4, -0.2) is 64.6 Å². The molecule has 1 aliphatic carbocycles. The number of hydrogen-bond donors (Lipinski definition) is 1. The van der Waals surface area contributed by atoms with Crippen molar-refractivity contribution in [3.8, 4) is 0 Å². The zero-order chi connectivity index (χ0) is 23.9. The number of nitrogens with zero attached hydrogens (tertiary/aromatic N) is 4. The van der Waals surface area contributed by atoms with Gasteiger partial charge in [-0.05, 0) is 45.4 Å². The van der Waals surface area contributed by atoms with Gasteiger partial charge in [0.2, 0.25) is 5.91 Å². The van der Waals surface area contributed by atoms with Crippen LogP contribution in [0.15, 0.2) is 6.20 Å². The number of amides is 1. The lowest BCUT2D eigenvalue weighted by Crippen LogP contribution is -2.56. The molecule has 2 fully saturated rings. The molecule has 3 aliphatic rings. The summed E-state index contributed by atoms with van der Waals surface area (Å²) in [6, 6.07) is 0.0326. The number of hydrogen-bond acceptors (Lipinski definition) is 7. The van der Waals surface area contributed by atoms with Gasteiger partial charge in [-0.15, -0.1) is 22.7 Å². The van der Waals surface area contributed by atoms with Gasteiger partial charge in [0.15, 0.2) is 5.13 Å². The molecule has 11 heteroatoms. The first-order valence-electron chi connectivity index (χ1n) is 11.9. The predicted octanol–water partition coefficient (Wildman–Crippen LogP) is 4.12. The molecule has 0 radical (unpaired) electrons. The molecule has 1 N–H and O–H groups in total. The van der Waals surface area contributed by atoms with E-state index in [0.29, 0.717) is 56.7 Å². The molecule has 0 unspecified atom stereocenters. The van der Waals surface area contributed by atoms with Crippen molar-refractivity contribution >= 4 is 33.7 Å². The number of thiazole rings is 2. The smallest absolute Gasteiger partial charge is 0.282 e. The number of alkyl halides is 3. The van der Waals surface area contributed by atoms with E-state index in [4.69, 9.17) is 0 Å². The van der Waals surface area contributed by atoms with Gasteiger partial charge in [0, 0.05) is 41.6 Å². The maximum atomic E-state index is 15.5. The molecule has 0 atom stereocenters. The van der Waals surface area contributed by atoms with Gasteiger partial charge in [-0.3, -0.25) is 9.69 Å². The summed E-state index contributed by atoms with van der Waals surface area (Å²) in [4.78, 5) is 27.1. The van der Waals surface area contributed by atoms with Gasteiger partial charge in [-0.25, -0.2) is 23.1 Å². The quantitative estimate of drug-likeness (QED) is 0.604. The van der Waals surface area contributed by atoms with Gasteiger partial charge < -0.3 is 10.2 Å². The summed E-state index contributed by atoms with van der Waals surface area (Å²) in [6.45, 7) is 3.58. The van der Waals surface area contributed by atoms with Gasteiger partial charge >= 0.3 is 0 Å². The van der Waals surface area contributed by atoms with Gasteiger partial charge in [0.1, 0.15) is 5.67 Å². The average molecular weight is 514 g/mol. The van der Waals surface area contributed by atoms with Crippen molar-refractivity contribution in [2.45, 2.75) is 76.0 Å². The highest BCUT2D eigenvalue weighted by Crippen LogP contribution is 2.38. The number of rotatable bonds is 7. The van der Waals surface area contributed by atoms with E-state index in [2.05, 4.69) is 20.2 Å². The number of anilines is 1. The molecule has 1 saturated carbocycles. The third-order valence-electron chi connectivity index (χ3n) is 7.04. The molecule has 0 spiro atoms. The molecule has 2 aromatic heterocycles. The zero-order valence-electron chi connectivity index (χ0n) is 19.3. The second-order valence-corrected chi connectivity index (χ2v) is 12.3. The number of aryl methyl sites for hydroxylation is 1. The molecule has 1 saturated heterocycles. The molecule has 0 aromatic carbocycles. The topological polar surface area (TPSA) is 61.4 Å². The molecular weight excluding hydrogens is 483 g/mol. The fraction of sp³-hybridized carbons (Fsp3) is 0.696. The first kappa shape index (κ1) is 24.0. The molecule has 1 amide bonds. The summed E-state index contributed by atoms with van der Waals surface area (Å²) in [7, 11) is 0. The standard InChI is InChI=1S/C23H30F3N5OS2/c1-15-27-11-17(33-15)10-20(32)28-16-2-5-22(24,6-3-16)7-9-30-8-4-19-18(12-30)29-21(34-19)31-13-23(25,26)14-31/h11,16H,2-10,12-14H2,1H3,(H,28,32)/t16-,22+. The van der Waals surface area contributed by atoms with Crippen LogP contribution in [0.4, 0.5) is 18.3 Å². The summed E-state index contributed by atoms with van der Waals surface area (Å²) in [5, 5.41) is 4.70. The minimum Gasteiger partial charge on any atom is -0.353 e. The van der Waals surface area contributed by atoms with Crippen molar-refractivity contribution in [3.05, 3.63) is 26.7 Å². The Labute approximate surface area is 205 Å². The molecule has 6 nitrogen and oxygen atoms in total. The van der Waals surface area contributed by atoms with Gasteiger partial charge in [-0.1, -0.05) is 0 Å². The Bertz CT molecular complexity index is 1030. The van der Waals surface area contributed by atoms with E-state index in [0.717, 1.165) is 28.5 Å². The summed E-state index contributed by atoms with van der Waals surface area (Å²) in [5.74, 6) is -2.62. The summed E-state index contributed by atoms with van der Waals surface area (Å²) < 4.78 is 41.8. The maximum absolute atomic E-state index is 15.5. The lowest BCUT2D eigenvalue weighted by molar-refractivity contribution is -0.121. The fourth-order valence-electron chi connectivity index (χ4n) is 5.02. The summed E-state index contributed by atoms with van der Waals surface area (Å²) in [5.41, 5.74) is -0.246. The molecular formula is C23H30F3N5OS2. The number of aromatic nitrogens is 2. The van der Waals surface area contributed by atoms with Crippen LogP contribution in [0.3, 0.4) is 0 Å². The molecule has 5 rings (SSSR count). The number of halogens is 3. The fourth-order valence-corrected chi connectivity index (χ4v) is 6.87. The molecule has 2 aromatic rings. The molecule has 0 bridgehead atoms. The molecule has 4 heterocycles. The first-order valence-corrected chi connectivity index (χ1v) is 13.5. The van der Waals surface area contributed by atoms with Crippen molar-refractivity contribution in [1.82, 2.24) is 20.2 Å². The average Bonchev–Trinajstić information content (AvgIpc) is 3.37. The van der Waals surface area contributed by atoms with Crippen LogP contribution in [0.2, 0.25) is 0 Å². The number of nitrogens with one attached hydrogen (secondary N) is 1. The second kappa shape index (κ2) is 9.39. The number of carbonyl (C=O) groups is 1. The Hall–Kier alpha value is -1.72. The van der Waals surface area contributed by atoms with Crippen molar-refractivity contribution in [1.29, 1.82) is 0 Å². The zero-order valence-corrected chi connectivity index (χ0v) is 20.9. The normalized spacial score (nSPS) is 26.7. The number of fused-ring (bicyclic) bond motifs is 1. The Morgan fingerprint density at radius 3 is 2.68 bits per heavy atom. The van der Waals surface area contributed by atoms with E-state index in [1.165, 1.54) is 27.6 Å². The maximum Gasteiger partial charge on any atom is 0.282 e. The Morgan fingerprint density at radius 1 is 1.24 bits per heavy atom. The van der Waals surface area contributed by atoms with Crippen LogP contribution in [0, 0.1) is 6.92 Å². The predicted molar refractivity (Wildman–Crippen MR) is 128 cm³/mol. The third-order valence-corrected chi connectivity index (χ3v) is 9.17. The van der Waals surface area contributed by atoms with E-state index in [9.17, 15) is 13.6 Å². The van der Waals surface area contributed by atoms with E-state index >= 15 is 4.39 Å². The van der Waals surface area contributed by atoms with E-state index in [1.54, 1.807) is 11.1 Å². The minimum absolute atomic E-state index is 0.0197. The van der Waals surface area contributed by atoms with Gasteiger partial charge in [0.05, 0.1) is 30.2 Å². The van der Waals surface area contributed by atoms with Crippen LogP contribution in [0.25, 0.3) is 0 Å². The summed E-state index contributed by atoms with van der Waals surface area (Å²) >= 11 is 3.04. The van der Waals surface area contributed by atoms with Crippen LogP contribution >= 0.6 is 22.7 Å². The lowest BCUT2D eigenvalue weighted by Gasteiger charge is -2.38. The highest BCUT2D eigenvalue weighted by molar-refractivity contribution is 7.15. The monoisotopic (exact) mass is 513 g/mol. The van der Waals surface area contributed by atoms with Crippen molar-refractivity contribution < 1.29 is 18.0 Å². The largest absolute Gasteiger partial charge is 0.353 e. The molecule has 34 heavy (non-hydrogen) atoms. The van der Waals surface area contributed by atoms with E-state index < -0.39 is 11.6 Å². The van der Waals surface area contributed by atoms with Crippen LogP contribution in [0.1, 0.15) is 52.6 Å². The molecule has 186 valence electrons. The third kappa shape index (κ3) is 5.57. The second-order valence-electron chi connectivity index (χ2n) is 9.87. The Morgan fingerprint density at radius 2 is 2.00 bits per heavy atom. The molecule has 2 aliphatic heterocycles. The van der Waals surface area contributed by atoms with Crippen molar-refractivity contribution in [2.75, 3.05) is 31.1 Å². The van der Waals surface area contributed by atoms with Gasteiger partial charge in [0.25, 0.3) is 5.92 Å². The van der Waals surface area contributed by atoms with E-state index in [-0.39, 0.29) is 25.0 Å². The highest BCUT2D eigenvalue weighted by Gasteiger charge is 2.45. The Balaban J connectivity index is 1.05. The van der Waals surface area contributed by atoms with E-state index in [1.807, 2.05) is 6.92 Å². The Kier molecular flexibility index (Phi) is 6.62. The van der Waals surface area contributed by atoms with Crippen LogP contribution < -0.4 is 10.2 Å². The van der Waals surface area contributed by atoms with Crippen LogP contribution in [0.5, 0.6) is 0 Å². The van der Waals surface area contributed by atoms with Crippen molar-refractivity contribution in [3.63, 3.8) is 0 Å². The number of carbonyl (C=O) groups excluding carboxylic acids is 1. The SMILES string of the molecule is Cc1ncc(CC(=O)N[C@H]2CC[C@](F)(CCN3CCc4sc(N5CC(F)(F)C5)nc4C3)CC2)s1. The minimum atomic E-state index is -2.60. The summed E-state index contributed by atoms with van der Waals surface area (Å²) in [6.07, 6.45) is 5.61.